The molecule has 0 spiro atoms. The van der Waals surface area contributed by atoms with E-state index in [9.17, 15) is 4.79 Å². The summed E-state index contributed by atoms with van der Waals surface area (Å²) in [6.45, 7) is 4.08. The summed E-state index contributed by atoms with van der Waals surface area (Å²) in [5.74, 6) is 2.44. The van der Waals surface area contributed by atoms with Gasteiger partial charge in [-0.25, -0.2) is 4.79 Å². The Balaban J connectivity index is 1.76. The van der Waals surface area contributed by atoms with Crippen molar-refractivity contribution >= 4 is 5.94 Å². The van der Waals surface area contributed by atoms with Crippen molar-refractivity contribution in [1.29, 1.82) is 0 Å². The highest BCUT2D eigenvalue weighted by atomic mass is 16.7. The molecule has 1 aliphatic rings. The smallest absolute Gasteiger partial charge is 0.179 e. The summed E-state index contributed by atoms with van der Waals surface area (Å²) in [4.78, 5) is 14.9. The van der Waals surface area contributed by atoms with E-state index in [2.05, 4.69) is 22.5 Å². The van der Waals surface area contributed by atoms with Crippen LogP contribution in [0.15, 0.2) is 42.3 Å². The number of pyridine rings is 1. The Labute approximate surface area is 155 Å². The predicted molar refractivity (Wildman–Crippen MR) is 98.9 cm³/mol. The summed E-state index contributed by atoms with van der Waals surface area (Å²) in [6.07, 6.45) is 8.09. The number of methoxy groups -OCH3 is 1. The molecule has 0 unspecified atom stereocenters. The third kappa shape index (κ3) is 7.10. The average Bonchev–Trinajstić information content (AvgIpc) is 2.67. The van der Waals surface area contributed by atoms with Gasteiger partial charge in [-0.2, -0.15) is 0 Å². The van der Waals surface area contributed by atoms with E-state index in [0.29, 0.717) is 24.7 Å². The van der Waals surface area contributed by atoms with Gasteiger partial charge in [0.15, 0.2) is 18.0 Å². The van der Waals surface area contributed by atoms with Gasteiger partial charge >= 0.3 is 0 Å². The molecule has 0 radical (unpaired) electrons. The molecule has 1 saturated heterocycles. The number of ether oxygens (including phenoxy) is 3. The number of nitrogens with zero attached hydrogens (tertiary/aromatic N) is 1. The van der Waals surface area contributed by atoms with Crippen molar-refractivity contribution in [1.82, 2.24) is 10.3 Å². The second-order valence-electron chi connectivity index (χ2n) is 6.26. The van der Waals surface area contributed by atoms with E-state index in [0.717, 1.165) is 31.6 Å². The first-order valence-corrected chi connectivity index (χ1v) is 9.03. The molecule has 0 aromatic carbocycles. The normalized spacial score (nSPS) is 22.9. The van der Waals surface area contributed by atoms with Crippen molar-refractivity contribution in [3.63, 3.8) is 0 Å². The van der Waals surface area contributed by atoms with Gasteiger partial charge in [0, 0.05) is 31.6 Å². The van der Waals surface area contributed by atoms with Crippen LogP contribution >= 0.6 is 0 Å². The van der Waals surface area contributed by atoms with Crippen LogP contribution in [0, 0.1) is 5.92 Å². The molecule has 1 aliphatic heterocycles. The van der Waals surface area contributed by atoms with Gasteiger partial charge in [0.1, 0.15) is 0 Å². The molecule has 0 bridgehead atoms. The monoisotopic (exact) mass is 360 g/mol. The first-order chi connectivity index (χ1) is 12.7. The molecule has 1 fully saturated rings. The number of rotatable bonds is 10. The lowest BCUT2D eigenvalue weighted by molar-refractivity contribution is -0.225. The number of carbonyl (C=O) groups excluding carboxylic acids is 1. The summed E-state index contributed by atoms with van der Waals surface area (Å²) in [7, 11) is 1.49. The molecule has 142 valence electrons. The zero-order chi connectivity index (χ0) is 18.6. The van der Waals surface area contributed by atoms with Crippen LogP contribution in [-0.2, 0) is 25.5 Å². The third-order valence-electron chi connectivity index (χ3n) is 4.32. The Kier molecular flexibility index (Phi) is 9.07. The molecule has 1 aromatic heterocycles. The van der Waals surface area contributed by atoms with E-state index in [4.69, 9.17) is 14.2 Å². The molecular weight excluding hydrogens is 332 g/mol. The lowest BCUT2D eigenvalue weighted by Crippen LogP contribution is -2.44. The second kappa shape index (κ2) is 11.6. The van der Waals surface area contributed by atoms with Gasteiger partial charge in [-0.15, -0.1) is 0 Å². The first kappa shape index (κ1) is 20.3. The fourth-order valence-corrected chi connectivity index (χ4v) is 2.84. The Morgan fingerprint density at radius 2 is 2.35 bits per heavy atom. The summed E-state index contributed by atoms with van der Waals surface area (Å²) < 4.78 is 16.5. The van der Waals surface area contributed by atoms with E-state index < -0.39 is 0 Å². The van der Waals surface area contributed by atoms with Crippen LogP contribution in [0.3, 0.4) is 0 Å². The van der Waals surface area contributed by atoms with Crippen LogP contribution in [0.25, 0.3) is 0 Å². The molecule has 1 aromatic rings. The van der Waals surface area contributed by atoms with Crippen LogP contribution in [0.5, 0.6) is 0 Å². The lowest BCUT2D eigenvalue weighted by Gasteiger charge is -2.35. The highest BCUT2D eigenvalue weighted by molar-refractivity contribution is 5.49. The molecule has 26 heavy (non-hydrogen) atoms. The number of aromatic nitrogens is 1. The van der Waals surface area contributed by atoms with Crippen molar-refractivity contribution in [2.45, 2.75) is 45.1 Å². The molecule has 3 atom stereocenters. The van der Waals surface area contributed by atoms with Gasteiger partial charge in [0.05, 0.1) is 25.5 Å². The SMILES string of the molecule is COC(=C=O)CCC=CC[C@H]1CO[C@@H](C)O[C@H]1CNCc1ccccn1. The number of allylic oxidation sites excluding steroid dienone is 3. The van der Waals surface area contributed by atoms with E-state index in [1.807, 2.05) is 25.1 Å². The Hall–Kier alpha value is -1.98. The van der Waals surface area contributed by atoms with Crippen molar-refractivity contribution in [2.75, 3.05) is 20.3 Å². The Bertz CT molecular complexity index is 599. The maximum Gasteiger partial charge on any atom is 0.179 e. The molecule has 2 rings (SSSR count). The van der Waals surface area contributed by atoms with Crippen molar-refractivity contribution in [3.8, 4) is 0 Å². The van der Waals surface area contributed by atoms with E-state index in [1.54, 1.807) is 12.1 Å². The molecule has 0 aliphatic carbocycles. The number of nitrogens with one attached hydrogen (secondary N) is 1. The summed E-state index contributed by atoms with van der Waals surface area (Å²) in [6, 6.07) is 5.90. The topological polar surface area (TPSA) is 69.7 Å². The minimum absolute atomic E-state index is 0.0940. The van der Waals surface area contributed by atoms with Crippen LogP contribution in [0.2, 0.25) is 0 Å². The van der Waals surface area contributed by atoms with E-state index >= 15 is 0 Å². The van der Waals surface area contributed by atoms with Gasteiger partial charge in [0.25, 0.3) is 0 Å². The average molecular weight is 360 g/mol. The highest BCUT2D eigenvalue weighted by Crippen LogP contribution is 2.22. The summed E-state index contributed by atoms with van der Waals surface area (Å²) >= 11 is 0. The Morgan fingerprint density at radius 3 is 3.08 bits per heavy atom. The van der Waals surface area contributed by atoms with Crippen LogP contribution in [0.1, 0.15) is 31.9 Å². The fourth-order valence-electron chi connectivity index (χ4n) is 2.84. The fraction of sp³-hybridized carbons (Fsp3) is 0.550. The summed E-state index contributed by atoms with van der Waals surface area (Å²) in [5.41, 5.74) is 1.02. The lowest BCUT2D eigenvalue weighted by atomic mass is 9.97. The minimum Gasteiger partial charge on any atom is -0.490 e. The van der Waals surface area contributed by atoms with Crippen molar-refractivity contribution in [3.05, 3.63) is 48.0 Å². The molecule has 6 nitrogen and oxygen atoms in total. The zero-order valence-corrected chi connectivity index (χ0v) is 15.5. The van der Waals surface area contributed by atoms with Crippen LogP contribution < -0.4 is 5.32 Å². The maximum absolute atomic E-state index is 10.6. The number of hydrogen-bond donors (Lipinski definition) is 1. The largest absolute Gasteiger partial charge is 0.490 e. The first-order valence-electron chi connectivity index (χ1n) is 9.03. The van der Waals surface area contributed by atoms with Gasteiger partial charge in [-0.05, 0) is 31.9 Å². The van der Waals surface area contributed by atoms with Crippen LogP contribution in [-0.4, -0.2) is 43.6 Å². The van der Waals surface area contributed by atoms with Gasteiger partial charge in [-0.3, -0.25) is 4.98 Å². The number of hydrogen-bond acceptors (Lipinski definition) is 6. The molecule has 2 heterocycles. The molecule has 1 N–H and O–H groups in total. The molecule has 0 saturated carbocycles. The second-order valence-corrected chi connectivity index (χ2v) is 6.26. The molecular formula is C20H28N2O4. The summed E-state index contributed by atoms with van der Waals surface area (Å²) in [5, 5.41) is 3.42. The van der Waals surface area contributed by atoms with Crippen molar-refractivity contribution in [2.24, 2.45) is 5.92 Å². The Morgan fingerprint density at radius 1 is 1.46 bits per heavy atom. The minimum atomic E-state index is -0.182. The van der Waals surface area contributed by atoms with Gasteiger partial charge < -0.3 is 19.5 Å². The quantitative estimate of drug-likeness (QED) is 0.393. The van der Waals surface area contributed by atoms with E-state index in [1.165, 1.54) is 7.11 Å². The predicted octanol–water partition coefficient (Wildman–Crippen LogP) is 2.64. The maximum atomic E-state index is 10.6. The standard InChI is InChI=1S/C20H28N2O4/c1-16-25-15-17(8-4-3-5-10-19(14-23)24-2)20(26-16)13-21-12-18-9-6-7-11-22-18/h3-4,6-7,9,11,16-17,20-21H,5,8,10,12-13,15H2,1-2H3/t16-,17+,20+/m1/s1. The van der Waals surface area contributed by atoms with Crippen LogP contribution in [0.4, 0.5) is 0 Å². The molecule has 6 heteroatoms. The molecule has 0 amide bonds. The highest BCUT2D eigenvalue weighted by Gasteiger charge is 2.28. The van der Waals surface area contributed by atoms with Crippen molar-refractivity contribution < 1.29 is 19.0 Å². The zero-order valence-electron chi connectivity index (χ0n) is 15.5. The van der Waals surface area contributed by atoms with Gasteiger partial charge in [-0.1, -0.05) is 18.2 Å². The van der Waals surface area contributed by atoms with Gasteiger partial charge in [0.2, 0.25) is 0 Å². The van der Waals surface area contributed by atoms with E-state index in [-0.39, 0.29) is 12.4 Å². The third-order valence-corrected chi connectivity index (χ3v) is 4.32.